The van der Waals surface area contributed by atoms with Crippen LogP contribution >= 0.6 is 11.6 Å². The lowest BCUT2D eigenvalue weighted by Gasteiger charge is -2.14. The molecule has 0 spiro atoms. The molecule has 4 aromatic rings. The number of benzene rings is 2. The number of aryl methyl sites for hydroxylation is 1. The Morgan fingerprint density at radius 3 is 2.87 bits per heavy atom. The van der Waals surface area contributed by atoms with E-state index in [1.807, 2.05) is 22.9 Å². The van der Waals surface area contributed by atoms with Gasteiger partial charge in [0.1, 0.15) is 23.7 Å². The molecule has 2 aromatic carbocycles. The predicted molar refractivity (Wildman–Crippen MR) is 116 cm³/mol. The molecule has 30 heavy (non-hydrogen) atoms. The molecule has 2 heterocycles. The molecule has 0 amide bonds. The summed E-state index contributed by atoms with van der Waals surface area (Å²) in [6.45, 7) is 1.64. The van der Waals surface area contributed by atoms with Gasteiger partial charge in [-0.15, -0.1) is 0 Å². The minimum absolute atomic E-state index is 0.0399. The molecular formula is C21H20ClFN6O. The van der Waals surface area contributed by atoms with Gasteiger partial charge < -0.3 is 19.9 Å². The van der Waals surface area contributed by atoms with Crippen LogP contribution in [0.1, 0.15) is 6.42 Å². The maximum atomic E-state index is 13.4. The number of hydrogen-bond donors (Lipinski definition) is 2. The summed E-state index contributed by atoms with van der Waals surface area (Å²) in [4.78, 5) is 12.7. The molecule has 0 saturated heterocycles. The van der Waals surface area contributed by atoms with E-state index in [-0.39, 0.29) is 5.02 Å². The summed E-state index contributed by atoms with van der Waals surface area (Å²) in [6.07, 6.45) is 7.92. The zero-order chi connectivity index (χ0) is 20.9. The van der Waals surface area contributed by atoms with E-state index in [2.05, 4.69) is 25.6 Å². The Labute approximate surface area is 177 Å². The molecule has 9 heteroatoms. The number of fused-ring (bicyclic) bond motifs is 1. The standard InChI is InChI=1S/C21H20ClFN6O/c1-30-20-10-15-18(11-19(20)25-5-2-7-29-8-6-24-13-29)26-12-27-21(15)28-14-3-4-17(23)16(22)9-14/h3-4,6,8-13,25H,2,5,7H2,1H3,(H,26,27,28). The monoisotopic (exact) mass is 426 g/mol. The number of rotatable bonds is 8. The van der Waals surface area contributed by atoms with E-state index in [1.165, 1.54) is 18.5 Å². The first-order valence-electron chi connectivity index (χ1n) is 9.38. The largest absolute Gasteiger partial charge is 0.495 e. The lowest BCUT2D eigenvalue weighted by Crippen LogP contribution is -2.07. The zero-order valence-corrected chi connectivity index (χ0v) is 17.0. The van der Waals surface area contributed by atoms with Crippen molar-refractivity contribution in [2.24, 2.45) is 0 Å². The minimum Gasteiger partial charge on any atom is -0.495 e. The molecule has 2 aromatic heterocycles. The predicted octanol–water partition coefficient (Wildman–Crippen LogP) is 4.87. The molecule has 0 bridgehead atoms. The quantitative estimate of drug-likeness (QED) is 0.391. The number of halogens is 2. The van der Waals surface area contributed by atoms with E-state index in [1.54, 1.807) is 25.7 Å². The molecule has 7 nitrogen and oxygen atoms in total. The molecular weight excluding hydrogens is 407 g/mol. The second kappa shape index (κ2) is 8.96. The van der Waals surface area contributed by atoms with Crippen LogP contribution in [0.4, 0.5) is 21.6 Å². The van der Waals surface area contributed by atoms with E-state index in [0.717, 1.165) is 36.1 Å². The number of aromatic nitrogens is 4. The third-order valence-corrected chi connectivity index (χ3v) is 4.90. The highest BCUT2D eigenvalue weighted by molar-refractivity contribution is 6.31. The van der Waals surface area contributed by atoms with Crippen molar-refractivity contribution in [1.82, 2.24) is 19.5 Å². The summed E-state index contributed by atoms with van der Waals surface area (Å²) < 4.78 is 21.0. The Bertz CT molecular complexity index is 1150. The zero-order valence-electron chi connectivity index (χ0n) is 16.3. The average Bonchev–Trinajstić information content (AvgIpc) is 3.27. The van der Waals surface area contributed by atoms with Crippen LogP contribution in [-0.2, 0) is 6.54 Å². The molecule has 0 aliphatic heterocycles. The Kier molecular flexibility index (Phi) is 5.94. The number of methoxy groups -OCH3 is 1. The van der Waals surface area contributed by atoms with Crippen LogP contribution in [0.15, 0.2) is 55.4 Å². The summed E-state index contributed by atoms with van der Waals surface area (Å²) in [7, 11) is 1.62. The van der Waals surface area contributed by atoms with Crippen LogP contribution in [-0.4, -0.2) is 33.2 Å². The summed E-state index contributed by atoms with van der Waals surface area (Å²) in [5, 5.41) is 7.39. The SMILES string of the molecule is COc1cc2c(Nc3ccc(F)c(Cl)c3)ncnc2cc1NCCCn1ccnc1. The van der Waals surface area contributed by atoms with E-state index in [4.69, 9.17) is 16.3 Å². The van der Waals surface area contributed by atoms with Crippen molar-refractivity contribution >= 4 is 39.7 Å². The van der Waals surface area contributed by atoms with Gasteiger partial charge in [0.25, 0.3) is 0 Å². The van der Waals surface area contributed by atoms with Crippen LogP contribution in [0.5, 0.6) is 5.75 Å². The fourth-order valence-corrected chi connectivity index (χ4v) is 3.28. The van der Waals surface area contributed by atoms with Crippen molar-refractivity contribution < 1.29 is 9.13 Å². The first-order chi connectivity index (χ1) is 14.6. The summed E-state index contributed by atoms with van der Waals surface area (Å²) in [5.74, 6) is 0.785. The lowest BCUT2D eigenvalue weighted by atomic mass is 10.2. The van der Waals surface area contributed by atoms with Gasteiger partial charge in [-0.25, -0.2) is 19.3 Å². The van der Waals surface area contributed by atoms with Crippen molar-refractivity contribution in [1.29, 1.82) is 0 Å². The molecule has 0 radical (unpaired) electrons. The molecule has 2 N–H and O–H groups in total. The summed E-state index contributed by atoms with van der Waals surface area (Å²) in [6, 6.07) is 8.22. The number of ether oxygens (including phenoxy) is 1. The van der Waals surface area contributed by atoms with Gasteiger partial charge in [-0.1, -0.05) is 11.6 Å². The van der Waals surface area contributed by atoms with Crippen molar-refractivity contribution in [3.63, 3.8) is 0 Å². The van der Waals surface area contributed by atoms with E-state index < -0.39 is 5.82 Å². The smallest absolute Gasteiger partial charge is 0.142 e. The first-order valence-corrected chi connectivity index (χ1v) is 9.76. The van der Waals surface area contributed by atoms with Crippen molar-refractivity contribution in [3.05, 3.63) is 66.2 Å². The highest BCUT2D eigenvalue weighted by atomic mass is 35.5. The third kappa shape index (κ3) is 4.44. The molecule has 0 aliphatic rings. The van der Waals surface area contributed by atoms with Gasteiger partial charge in [-0.2, -0.15) is 0 Å². The van der Waals surface area contributed by atoms with Crippen LogP contribution < -0.4 is 15.4 Å². The fourth-order valence-electron chi connectivity index (χ4n) is 3.10. The normalized spacial score (nSPS) is 10.9. The van der Waals surface area contributed by atoms with Gasteiger partial charge in [0, 0.05) is 36.6 Å². The molecule has 0 fully saturated rings. The third-order valence-electron chi connectivity index (χ3n) is 4.61. The Balaban J connectivity index is 1.54. The van der Waals surface area contributed by atoms with Crippen molar-refractivity contribution in [2.75, 3.05) is 24.3 Å². The van der Waals surface area contributed by atoms with Crippen LogP contribution in [0.2, 0.25) is 5.02 Å². The number of hydrogen-bond acceptors (Lipinski definition) is 6. The summed E-state index contributed by atoms with van der Waals surface area (Å²) >= 11 is 5.88. The topological polar surface area (TPSA) is 76.9 Å². The first kappa shape index (κ1) is 19.9. The van der Waals surface area contributed by atoms with Gasteiger partial charge in [-0.3, -0.25) is 0 Å². The average molecular weight is 427 g/mol. The van der Waals surface area contributed by atoms with Gasteiger partial charge in [0.2, 0.25) is 0 Å². The van der Waals surface area contributed by atoms with E-state index in [9.17, 15) is 4.39 Å². The Morgan fingerprint density at radius 1 is 1.20 bits per heavy atom. The van der Waals surface area contributed by atoms with E-state index in [0.29, 0.717) is 17.3 Å². The van der Waals surface area contributed by atoms with Crippen LogP contribution in [0.25, 0.3) is 10.9 Å². The van der Waals surface area contributed by atoms with Gasteiger partial charge in [0.05, 0.1) is 29.7 Å². The van der Waals surface area contributed by atoms with Crippen LogP contribution in [0.3, 0.4) is 0 Å². The number of nitrogens with zero attached hydrogens (tertiary/aromatic N) is 4. The number of anilines is 3. The van der Waals surface area contributed by atoms with Crippen molar-refractivity contribution in [2.45, 2.75) is 13.0 Å². The Hall–Kier alpha value is -3.39. The second-order valence-electron chi connectivity index (χ2n) is 6.63. The lowest BCUT2D eigenvalue weighted by molar-refractivity contribution is 0.417. The van der Waals surface area contributed by atoms with Crippen LogP contribution in [0, 0.1) is 5.82 Å². The van der Waals surface area contributed by atoms with Gasteiger partial charge in [-0.05, 0) is 36.8 Å². The molecule has 154 valence electrons. The Morgan fingerprint density at radius 2 is 2.10 bits per heavy atom. The highest BCUT2D eigenvalue weighted by Gasteiger charge is 2.11. The number of imidazole rings is 1. The fraction of sp³-hybridized carbons (Fsp3) is 0.190. The second-order valence-corrected chi connectivity index (χ2v) is 7.03. The number of nitrogens with one attached hydrogen (secondary N) is 2. The molecule has 0 unspecified atom stereocenters. The summed E-state index contributed by atoms with van der Waals surface area (Å²) in [5.41, 5.74) is 2.23. The molecule has 4 rings (SSSR count). The maximum absolute atomic E-state index is 13.4. The van der Waals surface area contributed by atoms with E-state index >= 15 is 0 Å². The maximum Gasteiger partial charge on any atom is 0.142 e. The van der Waals surface area contributed by atoms with Gasteiger partial charge >= 0.3 is 0 Å². The van der Waals surface area contributed by atoms with Gasteiger partial charge in [0.15, 0.2) is 0 Å². The highest BCUT2D eigenvalue weighted by Crippen LogP contribution is 2.33. The molecule has 0 saturated carbocycles. The minimum atomic E-state index is -0.472. The molecule has 0 atom stereocenters. The van der Waals surface area contributed by atoms with Crippen molar-refractivity contribution in [3.8, 4) is 5.75 Å². The molecule has 0 aliphatic carbocycles.